The van der Waals surface area contributed by atoms with Crippen LogP contribution >= 0.6 is 27.3 Å². The van der Waals surface area contributed by atoms with Crippen LogP contribution in [-0.4, -0.2) is 40.9 Å². The van der Waals surface area contributed by atoms with E-state index in [4.69, 9.17) is 5.11 Å². The number of thiazole rings is 1. The van der Waals surface area contributed by atoms with Gasteiger partial charge in [-0.3, -0.25) is 4.90 Å². The largest absolute Gasteiger partial charge is 0.401 e. The van der Waals surface area contributed by atoms with E-state index in [0.29, 0.717) is 12.1 Å². The Morgan fingerprint density at radius 2 is 1.91 bits per heavy atom. The van der Waals surface area contributed by atoms with Crippen molar-refractivity contribution in [3.8, 4) is 10.6 Å². The highest BCUT2D eigenvalue weighted by Gasteiger charge is 2.30. The van der Waals surface area contributed by atoms with Gasteiger partial charge in [0.2, 0.25) is 0 Å². The molecule has 1 aromatic carbocycles. The standard InChI is InChI=1S/C15H16BrF3N2OS/c16-12-4-2-11(3-5-12)14-20-13(9-23-14)8-21(6-1-7-22)10-15(17,18)19/h2-5,9,22H,1,6-8,10H2. The van der Waals surface area contributed by atoms with Gasteiger partial charge < -0.3 is 5.11 Å². The Morgan fingerprint density at radius 3 is 2.52 bits per heavy atom. The van der Waals surface area contributed by atoms with Gasteiger partial charge in [0.05, 0.1) is 12.2 Å². The number of aliphatic hydroxyl groups excluding tert-OH is 1. The lowest BCUT2D eigenvalue weighted by molar-refractivity contribution is -0.147. The fourth-order valence-electron chi connectivity index (χ4n) is 2.10. The molecule has 126 valence electrons. The van der Waals surface area contributed by atoms with E-state index in [1.165, 1.54) is 16.2 Å². The highest BCUT2D eigenvalue weighted by Crippen LogP contribution is 2.26. The van der Waals surface area contributed by atoms with E-state index in [-0.39, 0.29) is 19.7 Å². The fraction of sp³-hybridized carbons (Fsp3) is 0.400. The average molecular weight is 409 g/mol. The quantitative estimate of drug-likeness (QED) is 0.740. The third-order valence-corrected chi connectivity index (χ3v) is 4.53. The monoisotopic (exact) mass is 408 g/mol. The van der Waals surface area contributed by atoms with Gasteiger partial charge in [0.15, 0.2) is 0 Å². The SMILES string of the molecule is OCCCN(Cc1csc(-c2ccc(Br)cc2)n1)CC(F)(F)F. The van der Waals surface area contributed by atoms with Crippen molar-refractivity contribution < 1.29 is 18.3 Å². The van der Waals surface area contributed by atoms with Crippen molar-refractivity contribution in [3.63, 3.8) is 0 Å². The molecule has 0 bridgehead atoms. The van der Waals surface area contributed by atoms with Gasteiger partial charge in [-0.2, -0.15) is 13.2 Å². The molecule has 8 heteroatoms. The summed E-state index contributed by atoms with van der Waals surface area (Å²) in [7, 11) is 0. The van der Waals surface area contributed by atoms with Gasteiger partial charge in [-0.25, -0.2) is 4.98 Å². The van der Waals surface area contributed by atoms with Crippen molar-refractivity contribution in [2.75, 3.05) is 19.7 Å². The van der Waals surface area contributed by atoms with Crippen LogP contribution < -0.4 is 0 Å². The van der Waals surface area contributed by atoms with Gasteiger partial charge in [0.25, 0.3) is 0 Å². The highest BCUT2D eigenvalue weighted by atomic mass is 79.9. The van der Waals surface area contributed by atoms with E-state index in [1.807, 2.05) is 24.3 Å². The van der Waals surface area contributed by atoms with Crippen LogP contribution in [0.5, 0.6) is 0 Å². The van der Waals surface area contributed by atoms with Crippen LogP contribution in [-0.2, 0) is 6.54 Å². The van der Waals surface area contributed by atoms with Gasteiger partial charge in [-0.1, -0.05) is 28.1 Å². The van der Waals surface area contributed by atoms with Gasteiger partial charge in [-0.15, -0.1) is 11.3 Å². The molecule has 0 saturated heterocycles. The van der Waals surface area contributed by atoms with Crippen LogP contribution in [0.1, 0.15) is 12.1 Å². The molecule has 1 heterocycles. The Kier molecular flexibility index (Phi) is 6.58. The zero-order chi connectivity index (χ0) is 16.9. The van der Waals surface area contributed by atoms with Crippen molar-refractivity contribution in [2.45, 2.75) is 19.1 Å². The number of nitrogens with zero attached hydrogens (tertiary/aromatic N) is 2. The molecular weight excluding hydrogens is 393 g/mol. The van der Waals surface area contributed by atoms with Gasteiger partial charge >= 0.3 is 6.18 Å². The molecule has 1 N–H and O–H groups in total. The highest BCUT2D eigenvalue weighted by molar-refractivity contribution is 9.10. The third kappa shape index (κ3) is 6.21. The molecule has 0 saturated carbocycles. The van der Waals surface area contributed by atoms with E-state index in [9.17, 15) is 13.2 Å². The minimum absolute atomic E-state index is 0.118. The number of alkyl halides is 3. The minimum atomic E-state index is -4.26. The van der Waals surface area contributed by atoms with E-state index in [1.54, 1.807) is 5.38 Å². The smallest absolute Gasteiger partial charge is 0.396 e. The summed E-state index contributed by atoms with van der Waals surface area (Å²) in [6.07, 6.45) is -3.96. The third-order valence-electron chi connectivity index (χ3n) is 3.06. The van der Waals surface area contributed by atoms with Crippen molar-refractivity contribution in [3.05, 3.63) is 39.8 Å². The van der Waals surface area contributed by atoms with Crippen LogP contribution in [0, 0.1) is 0 Å². The first-order chi connectivity index (χ1) is 10.9. The molecule has 2 rings (SSSR count). The molecule has 1 aromatic heterocycles. The number of benzene rings is 1. The number of hydrogen-bond acceptors (Lipinski definition) is 4. The normalized spacial score (nSPS) is 12.1. The molecule has 23 heavy (non-hydrogen) atoms. The molecule has 0 radical (unpaired) electrons. The maximum absolute atomic E-state index is 12.6. The summed E-state index contributed by atoms with van der Waals surface area (Å²) in [6.45, 7) is -0.832. The van der Waals surface area contributed by atoms with Gasteiger partial charge in [-0.05, 0) is 18.6 Å². The lowest BCUT2D eigenvalue weighted by Crippen LogP contribution is -2.35. The summed E-state index contributed by atoms with van der Waals surface area (Å²) in [5.74, 6) is 0. The molecule has 0 fully saturated rings. The Balaban J connectivity index is 2.06. The summed E-state index contributed by atoms with van der Waals surface area (Å²) in [4.78, 5) is 5.68. The minimum Gasteiger partial charge on any atom is -0.396 e. The molecule has 0 spiro atoms. The molecule has 0 aliphatic heterocycles. The van der Waals surface area contributed by atoms with Crippen LogP contribution in [0.25, 0.3) is 10.6 Å². The number of halogens is 4. The maximum atomic E-state index is 12.6. The molecule has 0 aliphatic carbocycles. The average Bonchev–Trinajstić information content (AvgIpc) is 2.92. The molecule has 2 aromatic rings. The second kappa shape index (κ2) is 8.23. The number of aliphatic hydroxyl groups is 1. The molecule has 0 atom stereocenters. The first-order valence-electron chi connectivity index (χ1n) is 6.98. The summed E-state index contributed by atoms with van der Waals surface area (Å²) in [5, 5.41) is 11.4. The number of hydrogen-bond donors (Lipinski definition) is 1. The van der Waals surface area contributed by atoms with E-state index < -0.39 is 12.7 Å². The number of aromatic nitrogens is 1. The van der Waals surface area contributed by atoms with Crippen molar-refractivity contribution in [1.29, 1.82) is 0 Å². The Labute approximate surface area is 144 Å². The summed E-state index contributed by atoms with van der Waals surface area (Å²) < 4.78 is 38.8. The first-order valence-corrected chi connectivity index (χ1v) is 8.65. The summed E-state index contributed by atoms with van der Waals surface area (Å²) in [6, 6.07) is 7.61. The summed E-state index contributed by atoms with van der Waals surface area (Å²) in [5.41, 5.74) is 1.54. The number of rotatable bonds is 7. The Hall–Kier alpha value is -0.960. The predicted octanol–water partition coefficient (Wildman–Crippen LogP) is 4.32. The molecular formula is C15H16BrF3N2OS. The Morgan fingerprint density at radius 1 is 1.22 bits per heavy atom. The van der Waals surface area contributed by atoms with E-state index in [0.717, 1.165) is 15.0 Å². The van der Waals surface area contributed by atoms with Crippen LogP contribution in [0.4, 0.5) is 13.2 Å². The first kappa shape index (κ1) is 18.4. The topological polar surface area (TPSA) is 36.4 Å². The maximum Gasteiger partial charge on any atom is 0.401 e. The molecule has 0 amide bonds. The van der Waals surface area contributed by atoms with Crippen molar-refractivity contribution >= 4 is 27.3 Å². The molecule has 0 unspecified atom stereocenters. The molecule has 0 aliphatic rings. The van der Waals surface area contributed by atoms with Gasteiger partial charge in [0, 0.05) is 35.1 Å². The van der Waals surface area contributed by atoms with E-state index in [2.05, 4.69) is 20.9 Å². The van der Waals surface area contributed by atoms with Crippen LogP contribution in [0.15, 0.2) is 34.1 Å². The van der Waals surface area contributed by atoms with Crippen LogP contribution in [0.2, 0.25) is 0 Å². The second-order valence-corrected chi connectivity index (χ2v) is 6.83. The fourth-order valence-corrected chi connectivity index (χ4v) is 3.18. The zero-order valence-corrected chi connectivity index (χ0v) is 14.6. The van der Waals surface area contributed by atoms with Gasteiger partial charge in [0.1, 0.15) is 5.01 Å². The molecule has 3 nitrogen and oxygen atoms in total. The second-order valence-electron chi connectivity index (χ2n) is 5.05. The summed E-state index contributed by atoms with van der Waals surface area (Å²) >= 11 is 4.77. The predicted molar refractivity (Wildman–Crippen MR) is 88.3 cm³/mol. The van der Waals surface area contributed by atoms with Crippen molar-refractivity contribution in [1.82, 2.24) is 9.88 Å². The van der Waals surface area contributed by atoms with E-state index >= 15 is 0 Å². The lowest BCUT2D eigenvalue weighted by Gasteiger charge is -2.22. The zero-order valence-electron chi connectivity index (χ0n) is 12.2. The Bertz CT molecular complexity index is 616. The van der Waals surface area contributed by atoms with Crippen LogP contribution in [0.3, 0.4) is 0 Å². The van der Waals surface area contributed by atoms with Crippen molar-refractivity contribution in [2.24, 2.45) is 0 Å². The lowest BCUT2D eigenvalue weighted by atomic mass is 10.2.